The molecule has 82 valence electrons. The van der Waals surface area contributed by atoms with Gasteiger partial charge in [0.05, 0.1) is 6.61 Å². The maximum Gasteiger partial charge on any atom is 0.103 e. The lowest BCUT2D eigenvalue weighted by atomic mass is 10.0. The van der Waals surface area contributed by atoms with Crippen LogP contribution in [0, 0.1) is 5.92 Å². The van der Waals surface area contributed by atoms with Crippen LogP contribution in [-0.2, 0) is 4.74 Å². The van der Waals surface area contributed by atoms with Crippen molar-refractivity contribution in [3.8, 4) is 0 Å². The Labute approximate surface area is 92.3 Å². The first kappa shape index (κ1) is 12.1. The molecule has 0 aromatic carbocycles. The molecular formula is C12H22OS. The van der Waals surface area contributed by atoms with Crippen LogP contribution < -0.4 is 0 Å². The van der Waals surface area contributed by atoms with Gasteiger partial charge in [0.2, 0.25) is 0 Å². The number of allylic oxidation sites excluding steroid dienone is 2. The minimum atomic E-state index is 0.483. The molecule has 1 fully saturated rings. The Morgan fingerprint density at radius 2 is 2.36 bits per heavy atom. The number of ether oxygens (including phenoxy) is 1. The van der Waals surface area contributed by atoms with Gasteiger partial charge in [-0.1, -0.05) is 18.6 Å². The van der Waals surface area contributed by atoms with Crippen LogP contribution in [0.15, 0.2) is 11.6 Å². The lowest BCUT2D eigenvalue weighted by Gasteiger charge is -2.14. The average molecular weight is 214 g/mol. The zero-order valence-electron chi connectivity index (χ0n) is 9.58. The smallest absolute Gasteiger partial charge is 0.103 e. The van der Waals surface area contributed by atoms with E-state index in [-0.39, 0.29) is 0 Å². The topological polar surface area (TPSA) is 9.23 Å². The van der Waals surface area contributed by atoms with Crippen molar-refractivity contribution >= 4 is 11.8 Å². The second-order valence-corrected chi connectivity index (χ2v) is 5.64. The van der Waals surface area contributed by atoms with E-state index >= 15 is 0 Å². The molecule has 1 rings (SSSR count). The third-order valence-electron chi connectivity index (χ3n) is 2.50. The molecule has 14 heavy (non-hydrogen) atoms. The highest BCUT2D eigenvalue weighted by Gasteiger charge is 2.18. The first-order valence-corrected chi connectivity index (χ1v) is 6.60. The third-order valence-corrected chi connectivity index (χ3v) is 3.60. The van der Waals surface area contributed by atoms with E-state index in [1.54, 1.807) is 0 Å². The summed E-state index contributed by atoms with van der Waals surface area (Å²) in [5.41, 5.74) is 1.92. The van der Waals surface area contributed by atoms with Crippen LogP contribution in [0.3, 0.4) is 0 Å². The van der Waals surface area contributed by atoms with E-state index in [1.165, 1.54) is 30.6 Å². The van der Waals surface area contributed by atoms with Gasteiger partial charge in [0.1, 0.15) is 5.44 Å². The quantitative estimate of drug-likeness (QED) is 0.643. The van der Waals surface area contributed by atoms with Gasteiger partial charge in [0.15, 0.2) is 0 Å². The van der Waals surface area contributed by atoms with Gasteiger partial charge in [-0.3, -0.25) is 0 Å². The van der Waals surface area contributed by atoms with Crippen LogP contribution in [-0.4, -0.2) is 17.8 Å². The Hall–Kier alpha value is 0.0500. The van der Waals surface area contributed by atoms with Crippen molar-refractivity contribution in [1.29, 1.82) is 0 Å². The maximum atomic E-state index is 5.60. The molecule has 0 aliphatic carbocycles. The Morgan fingerprint density at radius 1 is 1.57 bits per heavy atom. The van der Waals surface area contributed by atoms with E-state index in [4.69, 9.17) is 4.74 Å². The molecule has 1 heterocycles. The number of rotatable bonds is 5. The normalized spacial score (nSPS) is 23.5. The van der Waals surface area contributed by atoms with Gasteiger partial charge in [-0.2, -0.15) is 0 Å². The summed E-state index contributed by atoms with van der Waals surface area (Å²) < 4.78 is 5.60. The molecule has 0 aromatic heterocycles. The second kappa shape index (κ2) is 6.52. The summed E-state index contributed by atoms with van der Waals surface area (Å²) in [6.45, 7) is 7.62. The Morgan fingerprint density at radius 3 is 2.93 bits per heavy atom. The molecule has 0 radical (unpaired) electrons. The van der Waals surface area contributed by atoms with Crippen molar-refractivity contribution in [2.45, 2.75) is 45.5 Å². The van der Waals surface area contributed by atoms with Crippen LogP contribution in [0.4, 0.5) is 0 Å². The molecule has 0 spiro atoms. The molecule has 0 aromatic rings. The molecule has 2 unspecified atom stereocenters. The van der Waals surface area contributed by atoms with Gasteiger partial charge >= 0.3 is 0 Å². The summed E-state index contributed by atoms with van der Waals surface area (Å²) in [6.07, 6.45) is 6.08. The van der Waals surface area contributed by atoms with E-state index in [2.05, 4.69) is 26.8 Å². The molecule has 1 saturated heterocycles. The van der Waals surface area contributed by atoms with Gasteiger partial charge < -0.3 is 4.74 Å². The third kappa shape index (κ3) is 5.06. The fourth-order valence-electron chi connectivity index (χ4n) is 1.65. The van der Waals surface area contributed by atoms with Crippen LogP contribution in [0.25, 0.3) is 0 Å². The average Bonchev–Trinajstić information content (AvgIpc) is 2.56. The lowest BCUT2D eigenvalue weighted by Crippen LogP contribution is -2.07. The Bertz CT molecular complexity index is 179. The minimum Gasteiger partial charge on any atom is -0.367 e. The van der Waals surface area contributed by atoms with Crippen molar-refractivity contribution < 1.29 is 4.74 Å². The minimum absolute atomic E-state index is 0.483. The van der Waals surface area contributed by atoms with Crippen LogP contribution in [0.2, 0.25) is 0 Å². The molecule has 1 aliphatic rings. The van der Waals surface area contributed by atoms with Gasteiger partial charge in [-0.15, -0.1) is 11.8 Å². The van der Waals surface area contributed by atoms with Gasteiger partial charge in [-0.25, -0.2) is 0 Å². The predicted molar refractivity (Wildman–Crippen MR) is 64.6 cm³/mol. The fraction of sp³-hybridized carbons (Fsp3) is 0.833. The first-order chi connectivity index (χ1) is 6.68. The Balaban J connectivity index is 2.09. The number of hydrogen-bond acceptors (Lipinski definition) is 2. The van der Waals surface area contributed by atoms with Crippen LogP contribution >= 0.6 is 11.8 Å². The van der Waals surface area contributed by atoms with E-state index in [1.807, 2.05) is 11.8 Å². The Kier molecular flexibility index (Phi) is 5.64. The van der Waals surface area contributed by atoms with Crippen LogP contribution in [0.5, 0.6) is 0 Å². The number of thioether (sulfide) groups is 1. The van der Waals surface area contributed by atoms with Crippen molar-refractivity contribution in [1.82, 2.24) is 0 Å². The van der Waals surface area contributed by atoms with E-state index in [0.717, 1.165) is 12.5 Å². The molecule has 0 saturated carbocycles. The zero-order chi connectivity index (χ0) is 10.4. The van der Waals surface area contributed by atoms with Gasteiger partial charge in [-0.05, 0) is 39.0 Å². The molecule has 1 aliphatic heterocycles. The monoisotopic (exact) mass is 214 g/mol. The molecule has 0 N–H and O–H groups in total. The summed E-state index contributed by atoms with van der Waals surface area (Å²) >= 11 is 1.97. The van der Waals surface area contributed by atoms with E-state index < -0.39 is 0 Å². The lowest BCUT2D eigenvalue weighted by molar-refractivity contribution is 0.124. The second-order valence-electron chi connectivity index (χ2n) is 4.37. The molecule has 2 atom stereocenters. The van der Waals surface area contributed by atoms with Crippen molar-refractivity contribution in [3.63, 3.8) is 0 Å². The van der Waals surface area contributed by atoms with Gasteiger partial charge in [0.25, 0.3) is 0 Å². The number of hydrogen-bond donors (Lipinski definition) is 0. The van der Waals surface area contributed by atoms with E-state index in [9.17, 15) is 0 Å². The zero-order valence-corrected chi connectivity index (χ0v) is 10.4. The van der Waals surface area contributed by atoms with Crippen molar-refractivity contribution in [2.24, 2.45) is 5.92 Å². The molecule has 0 amide bonds. The highest BCUT2D eigenvalue weighted by Crippen LogP contribution is 2.27. The highest BCUT2D eigenvalue weighted by molar-refractivity contribution is 7.99. The maximum absolute atomic E-state index is 5.60. The SMILES string of the molecule is CC(C)=CCCC(C)CC1OCCS1. The summed E-state index contributed by atoms with van der Waals surface area (Å²) in [5, 5.41) is 0. The summed E-state index contributed by atoms with van der Waals surface area (Å²) in [5.74, 6) is 1.98. The molecule has 2 heteroatoms. The summed E-state index contributed by atoms with van der Waals surface area (Å²) in [4.78, 5) is 0. The molecular weight excluding hydrogens is 192 g/mol. The van der Waals surface area contributed by atoms with Gasteiger partial charge in [0, 0.05) is 5.75 Å². The molecule has 1 nitrogen and oxygen atoms in total. The fourth-order valence-corrected chi connectivity index (χ4v) is 2.76. The largest absolute Gasteiger partial charge is 0.367 e. The van der Waals surface area contributed by atoms with E-state index in [0.29, 0.717) is 5.44 Å². The summed E-state index contributed by atoms with van der Waals surface area (Å²) in [7, 11) is 0. The van der Waals surface area contributed by atoms with Crippen LogP contribution in [0.1, 0.15) is 40.0 Å². The summed E-state index contributed by atoms with van der Waals surface area (Å²) in [6, 6.07) is 0. The standard InChI is InChI=1S/C12H22OS/c1-10(2)5-4-6-11(3)9-12-13-7-8-14-12/h5,11-12H,4,6-9H2,1-3H3. The highest BCUT2D eigenvalue weighted by atomic mass is 32.2. The molecule has 0 bridgehead atoms. The predicted octanol–water partition coefficient (Wildman–Crippen LogP) is 3.85. The first-order valence-electron chi connectivity index (χ1n) is 5.55. The van der Waals surface area contributed by atoms with Crippen molar-refractivity contribution in [3.05, 3.63) is 11.6 Å². The van der Waals surface area contributed by atoms with Crippen molar-refractivity contribution in [2.75, 3.05) is 12.4 Å².